The number of ether oxygens (including phenoxy) is 2. The maximum absolute atomic E-state index is 14.0. The van der Waals surface area contributed by atoms with E-state index >= 15 is 0 Å². The second kappa shape index (κ2) is 20.0. The number of likely N-dealkylation sites (N-methyl/N-ethyl adjacent to an activating group) is 2. The second-order valence-corrected chi connectivity index (χ2v) is 14.2. The van der Waals surface area contributed by atoms with Crippen LogP contribution in [-0.2, 0) is 28.7 Å². The average molecular weight is 690 g/mol. The molecule has 2 rings (SSSR count). The predicted octanol–water partition coefficient (Wildman–Crippen LogP) is 2.85. The van der Waals surface area contributed by atoms with Crippen LogP contribution in [-0.4, -0.2) is 128 Å². The maximum Gasteiger partial charge on any atom is 0.242 e. The van der Waals surface area contributed by atoms with E-state index in [9.17, 15) is 24.3 Å². The Morgan fingerprint density at radius 1 is 0.980 bits per heavy atom. The lowest BCUT2D eigenvalue weighted by Crippen LogP contribution is -2.55. The molecule has 1 fully saturated rings. The van der Waals surface area contributed by atoms with Crippen molar-refractivity contribution >= 4 is 23.6 Å². The third-order valence-electron chi connectivity index (χ3n) is 10.2. The Morgan fingerprint density at radius 3 is 2.14 bits per heavy atom. The summed E-state index contributed by atoms with van der Waals surface area (Å²) in [6.07, 6.45) is 0.203. The van der Waals surface area contributed by atoms with Gasteiger partial charge in [-0.05, 0) is 51.3 Å². The molecule has 12 heteroatoms. The molecule has 1 aromatic carbocycles. The molecule has 9 atom stereocenters. The smallest absolute Gasteiger partial charge is 0.242 e. The Balaban J connectivity index is 2.15. The molecule has 1 aliphatic heterocycles. The molecule has 4 amide bonds. The minimum Gasteiger partial charge on any atom is -0.386 e. The number of carbonyl (C=O) groups is 4. The first kappa shape index (κ1) is 42.1. The van der Waals surface area contributed by atoms with E-state index < -0.39 is 36.3 Å². The van der Waals surface area contributed by atoms with Crippen LogP contribution in [0.3, 0.4) is 0 Å². The zero-order chi connectivity index (χ0) is 37.0. The number of nitrogens with zero attached hydrogens (tertiary/aromatic N) is 3. The fourth-order valence-electron chi connectivity index (χ4n) is 7.22. The Morgan fingerprint density at radius 2 is 1.61 bits per heavy atom. The first-order valence-corrected chi connectivity index (χ1v) is 17.7. The lowest BCUT2D eigenvalue weighted by atomic mass is 9.90. The number of aliphatic hydroxyl groups excluding tert-OH is 1. The zero-order valence-electron chi connectivity index (χ0n) is 31.6. The van der Waals surface area contributed by atoms with Crippen molar-refractivity contribution in [3.63, 3.8) is 0 Å². The highest BCUT2D eigenvalue weighted by molar-refractivity contribution is 5.87. The monoisotopic (exact) mass is 689 g/mol. The highest BCUT2D eigenvalue weighted by atomic mass is 16.5. The molecule has 3 N–H and O–H groups in total. The summed E-state index contributed by atoms with van der Waals surface area (Å²) in [5.74, 6) is -1.40. The number of rotatable bonds is 19. The molecule has 1 heterocycles. The molecule has 9 unspecified atom stereocenters. The molecule has 278 valence electrons. The molecule has 49 heavy (non-hydrogen) atoms. The van der Waals surface area contributed by atoms with Crippen molar-refractivity contribution < 1.29 is 33.8 Å². The number of nitrogens with one attached hydrogen (secondary N) is 2. The minimum absolute atomic E-state index is 0.00522. The summed E-state index contributed by atoms with van der Waals surface area (Å²) >= 11 is 0. The molecule has 0 bridgehead atoms. The van der Waals surface area contributed by atoms with Gasteiger partial charge in [-0.15, -0.1) is 0 Å². The van der Waals surface area contributed by atoms with Gasteiger partial charge in [0.05, 0.1) is 61.4 Å². The second-order valence-electron chi connectivity index (χ2n) is 14.2. The molecule has 1 aromatic rings. The normalized spacial score (nSPS) is 19.8. The van der Waals surface area contributed by atoms with Crippen LogP contribution in [0.4, 0.5) is 0 Å². The molecular formula is C37H63N5O7. The van der Waals surface area contributed by atoms with Gasteiger partial charge >= 0.3 is 0 Å². The fourth-order valence-corrected chi connectivity index (χ4v) is 7.22. The van der Waals surface area contributed by atoms with E-state index in [-0.39, 0.29) is 60.5 Å². The van der Waals surface area contributed by atoms with Crippen molar-refractivity contribution in [2.24, 2.45) is 17.8 Å². The van der Waals surface area contributed by atoms with Crippen molar-refractivity contribution in [3.8, 4) is 0 Å². The van der Waals surface area contributed by atoms with Crippen LogP contribution in [0.5, 0.6) is 0 Å². The average Bonchev–Trinajstić information content (AvgIpc) is 3.56. The number of carbonyl (C=O) groups excluding carboxylic acids is 4. The quantitative estimate of drug-likeness (QED) is 0.202. The van der Waals surface area contributed by atoms with Crippen LogP contribution < -0.4 is 10.6 Å². The number of amides is 4. The fraction of sp³-hybridized carbons (Fsp3) is 0.730. The largest absolute Gasteiger partial charge is 0.386 e. The Kier molecular flexibility index (Phi) is 17.1. The summed E-state index contributed by atoms with van der Waals surface area (Å²) in [5, 5.41) is 16.5. The van der Waals surface area contributed by atoms with Crippen LogP contribution in [0.1, 0.15) is 78.9 Å². The zero-order valence-corrected chi connectivity index (χ0v) is 31.6. The SMILES string of the molecule is CCC(C)C(C(CC(=O)N1CCCC1C(OC)C(C)C(=O)NC(C)C(O)c1ccccc1)OC)N(C)C(=O)CNC(=O)C(C(C)C)N(C)C. The molecule has 0 saturated carbocycles. The third kappa shape index (κ3) is 11.2. The van der Waals surface area contributed by atoms with Crippen LogP contribution in [0.25, 0.3) is 0 Å². The van der Waals surface area contributed by atoms with Gasteiger partial charge in [-0.25, -0.2) is 0 Å². The number of hydrogen-bond acceptors (Lipinski definition) is 8. The van der Waals surface area contributed by atoms with Crippen molar-refractivity contribution in [1.29, 1.82) is 0 Å². The van der Waals surface area contributed by atoms with Gasteiger partial charge in [0.1, 0.15) is 0 Å². The molecule has 1 aliphatic rings. The van der Waals surface area contributed by atoms with Gasteiger partial charge < -0.3 is 35.0 Å². The summed E-state index contributed by atoms with van der Waals surface area (Å²) in [6, 6.07) is 7.54. The number of likely N-dealkylation sites (tertiary alicyclic amines) is 1. The highest BCUT2D eigenvalue weighted by Crippen LogP contribution is 2.29. The van der Waals surface area contributed by atoms with Crippen molar-refractivity contribution in [2.75, 3.05) is 48.5 Å². The van der Waals surface area contributed by atoms with E-state index in [4.69, 9.17) is 9.47 Å². The van der Waals surface area contributed by atoms with Gasteiger partial charge in [-0.2, -0.15) is 0 Å². The number of methoxy groups -OCH3 is 2. The summed E-state index contributed by atoms with van der Waals surface area (Å²) in [6.45, 7) is 11.9. The summed E-state index contributed by atoms with van der Waals surface area (Å²) in [4.78, 5) is 58.9. The van der Waals surface area contributed by atoms with Gasteiger partial charge in [0.15, 0.2) is 0 Å². The van der Waals surface area contributed by atoms with Crippen LogP contribution >= 0.6 is 0 Å². The van der Waals surface area contributed by atoms with E-state index in [0.717, 1.165) is 12.8 Å². The number of benzene rings is 1. The molecule has 0 aliphatic carbocycles. The summed E-state index contributed by atoms with van der Waals surface area (Å²) < 4.78 is 11.8. The van der Waals surface area contributed by atoms with Gasteiger partial charge in [0.2, 0.25) is 23.6 Å². The van der Waals surface area contributed by atoms with Gasteiger partial charge in [-0.3, -0.25) is 24.1 Å². The van der Waals surface area contributed by atoms with E-state index in [1.54, 1.807) is 44.9 Å². The van der Waals surface area contributed by atoms with E-state index in [2.05, 4.69) is 10.6 Å². The summed E-state index contributed by atoms with van der Waals surface area (Å²) in [5.41, 5.74) is 0.711. The lowest BCUT2D eigenvalue weighted by molar-refractivity contribution is -0.146. The van der Waals surface area contributed by atoms with Crippen molar-refractivity contribution in [3.05, 3.63) is 35.9 Å². The Bertz CT molecular complexity index is 1190. The predicted molar refractivity (Wildman–Crippen MR) is 190 cm³/mol. The lowest BCUT2D eigenvalue weighted by Gasteiger charge is -2.39. The van der Waals surface area contributed by atoms with E-state index in [1.807, 2.05) is 77.0 Å². The van der Waals surface area contributed by atoms with Gasteiger partial charge in [0.25, 0.3) is 0 Å². The molecule has 0 spiro atoms. The molecular weight excluding hydrogens is 626 g/mol. The Labute approximate surface area is 294 Å². The van der Waals surface area contributed by atoms with E-state index in [0.29, 0.717) is 18.5 Å². The highest BCUT2D eigenvalue weighted by Gasteiger charge is 2.42. The Hall–Kier alpha value is -3.06. The van der Waals surface area contributed by atoms with Gasteiger partial charge in [0, 0.05) is 27.8 Å². The number of hydrogen-bond donors (Lipinski definition) is 3. The first-order valence-electron chi connectivity index (χ1n) is 17.7. The summed E-state index contributed by atoms with van der Waals surface area (Å²) in [7, 11) is 8.48. The standard InChI is InChI=1S/C37H63N5O7/c1-12-24(4)33(41(9)31(44)22-38-37(47)32(23(2)3)40(7)8)29(48-10)21-30(43)42-20-16-19-28(42)35(49-11)25(5)36(46)39-26(6)34(45)27-17-14-13-15-18-27/h13-15,17-18,23-26,28-29,32-35,45H,12,16,19-22H2,1-11H3,(H,38,47)(H,39,46). The van der Waals surface area contributed by atoms with Crippen LogP contribution in [0, 0.1) is 17.8 Å². The molecule has 12 nitrogen and oxygen atoms in total. The van der Waals surface area contributed by atoms with Crippen LogP contribution in [0.15, 0.2) is 30.3 Å². The molecule has 0 radical (unpaired) electrons. The topological polar surface area (TPSA) is 141 Å². The minimum atomic E-state index is -0.872. The van der Waals surface area contributed by atoms with Crippen molar-refractivity contribution in [1.82, 2.24) is 25.3 Å². The molecule has 1 saturated heterocycles. The first-order chi connectivity index (χ1) is 23.1. The van der Waals surface area contributed by atoms with E-state index in [1.165, 1.54) is 0 Å². The third-order valence-corrected chi connectivity index (χ3v) is 10.2. The number of aliphatic hydroxyl groups is 1. The maximum atomic E-state index is 14.0. The van der Waals surface area contributed by atoms with Gasteiger partial charge in [-0.1, -0.05) is 71.4 Å². The van der Waals surface area contributed by atoms with Crippen LogP contribution in [0.2, 0.25) is 0 Å². The van der Waals surface area contributed by atoms with Crippen molar-refractivity contribution in [2.45, 2.75) is 110 Å². The molecule has 0 aromatic heterocycles.